The molecule has 0 radical (unpaired) electrons. The summed E-state index contributed by atoms with van der Waals surface area (Å²) in [4.78, 5) is 18.1. The van der Waals surface area contributed by atoms with Crippen LogP contribution < -0.4 is 4.74 Å². The van der Waals surface area contributed by atoms with Gasteiger partial charge in [-0.3, -0.25) is 0 Å². The molecule has 2 heterocycles. The van der Waals surface area contributed by atoms with E-state index in [0.717, 1.165) is 11.1 Å². The maximum absolute atomic E-state index is 12.2. The van der Waals surface area contributed by atoms with Gasteiger partial charge in [-0.15, -0.1) is 0 Å². The van der Waals surface area contributed by atoms with Crippen LogP contribution in [0.25, 0.3) is 11.1 Å². The van der Waals surface area contributed by atoms with Crippen LogP contribution in [0.1, 0.15) is 32.8 Å². The quantitative estimate of drug-likeness (QED) is 0.701. The molecular weight excluding hydrogens is 378 g/mol. The highest BCUT2D eigenvalue weighted by Gasteiger charge is 2.31. The summed E-state index contributed by atoms with van der Waals surface area (Å²) >= 11 is 6.25. The average molecular weight is 400 g/mol. The Morgan fingerprint density at radius 3 is 2.68 bits per heavy atom. The minimum Gasteiger partial charge on any atom is -0.487 e. The number of pyridine rings is 1. The molecule has 1 aromatic carbocycles. The Bertz CT molecular complexity index is 901. The van der Waals surface area contributed by atoms with Crippen molar-refractivity contribution in [1.82, 2.24) is 9.88 Å². The van der Waals surface area contributed by atoms with E-state index in [1.54, 1.807) is 23.2 Å². The van der Waals surface area contributed by atoms with Crippen molar-refractivity contribution in [3.63, 3.8) is 0 Å². The second kappa shape index (κ2) is 8.07. The van der Waals surface area contributed by atoms with E-state index in [1.807, 2.05) is 39.0 Å². The van der Waals surface area contributed by atoms with Crippen molar-refractivity contribution in [3.8, 4) is 22.9 Å². The molecule has 1 fully saturated rings. The molecule has 146 valence electrons. The standard InChI is InChI=1S/C21H22ClN3O3/c1-21(2,3)28-20(26)25-9-8-16(13-25)27-17-10-18(19(22)24-12-17)15-6-4-14(11-23)5-7-15/h4-7,10,12,16H,8-9,13H2,1-3H3/t16-/m1/s1. The van der Waals surface area contributed by atoms with E-state index < -0.39 is 5.60 Å². The van der Waals surface area contributed by atoms with Gasteiger partial charge in [0.25, 0.3) is 0 Å². The Kier molecular flexibility index (Phi) is 5.76. The number of carbonyl (C=O) groups is 1. The lowest BCUT2D eigenvalue weighted by Gasteiger charge is -2.24. The molecule has 0 saturated carbocycles. The van der Waals surface area contributed by atoms with Gasteiger partial charge < -0.3 is 14.4 Å². The first-order valence-corrected chi connectivity index (χ1v) is 9.43. The number of rotatable bonds is 3. The first kappa shape index (κ1) is 20.0. The maximum Gasteiger partial charge on any atom is 0.410 e. The van der Waals surface area contributed by atoms with Gasteiger partial charge in [0.1, 0.15) is 22.6 Å². The molecule has 0 spiro atoms. The van der Waals surface area contributed by atoms with Crippen LogP contribution in [0.4, 0.5) is 4.79 Å². The van der Waals surface area contributed by atoms with Gasteiger partial charge >= 0.3 is 6.09 Å². The third-order valence-electron chi connectivity index (χ3n) is 4.24. The number of nitriles is 1. The van der Waals surface area contributed by atoms with Gasteiger partial charge in [-0.2, -0.15) is 5.26 Å². The van der Waals surface area contributed by atoms with Crippen molar-refractivity contribution in [2.24, 2.45) is 0 Å². The molecule has 7 heteroatoms. The number of carbonyl (C=O) groups excluding carboxylic acids is 1. The summed E-state index contributed by atoms with van der Waals surface area (Å²) in [6.45, 7) is 6.59. The van der Waals surface area contributed by atoms with Crippen LogP contribution >= 0.6 is 11.6 Å². The average Bonchev–Trinajstić information content (AvgIpc) is 3.11. The van der Waals surface area contributed by atoms with Crippen molar-refractivity contribution >= 4 is 17.7 Å². The Morgan fingerprint density at radius 2 is 2.04 bits per heavy atom. The van der Waals surface area contributed by atoms with E-state index in [-0.39, 0.29) is 12.2 Å². The second-order valence-corrected chi connectivity index (χ2v) is 8.01. The molecule has 1 atom stereocenters. The summed E-state index contributed by atoms with van der Waals surface area (Å²) in [5.74, 6) is 0.583. The summed E-state index contributed by atoms with van der Waals surface area (Å²) in [5.41, 5.74) is 1.63. The summed E-state index contributed by atoms with van der Waals surface area (Å²) in [7, 11) is 0. The van der Waals surface area contributed by atoms with E-state index in [0.29, 0.717) is 36.0 Å². The Labute approximate surface area is 169 Å². The van der Waals surface area contributed by atoms with E-state index in [9.17, 15) is 4.79 Å². The summed E-state index contributed by atoms with van der Waals surface area (Å²) in [6.07, 6.45) is 1.83. The van der Waals surface area contributed by atoms with Crippen LogP contribution in [0.3, 0.4) is 0 Å². The molecule has 0 bridgehead atoms. The van der Waals surface area contributed by atoms with Gasteiger partial charge in [0, 0.05) is 18.5 Å². The lowest BCUT2D eigenvalue weighted by molar-refractivity contribution is 0.0275. The van der Waals surface area contributed by atoms with Gasteiger partial charge in [0.15, 0.2) is 0 Å². The van der Waals surface area contributed by atoms with Crippen LogP contribution in [0, 0.1) is 11.3 Å². The highest BCUT2D eigenvalue weighted by atomic mass is 35.5. The fourth-order valence-corrected chi connectivity index (χ4v) is 3.14. The fourth-order valence-electron chi connectivity index (χ4n) is 2.93. The number of benzene rings is 1. The van der Waals surface area contributed by atoms with Crippen molar-refractivity contribution in [2.75, 3.05) is 13.1 Å². The zero-order valence-electron chi connectivity index (χ0n) is 16.1. The summed E-state index contributed by atoms with van der Waals surface area (Å²) in [6, 6.07) is 11.0. The fraction of sp³-hybridized carbons (Fsp3) is 0.381. The summed E-state index contributed by atoms with van der Waals surface area (Å²) in [5, 5.41) is 9.29. The third-order valence-corrected chi connectivity index (χ3v) is 4.54. The molecule has 3 rings (SSSR count). The van der Waals surface area contributed by atoms with Crippen molar-refractivity contribution in [2.45, 2.75) is 38.9 Å². The Hall–Kier alpha value is -2.78. The molecule has 0 N–H and O–H groups in total. The second-order valence-electron chi connectivity index (χ2n) is 7.65. The number of halogens is 1. The molecule has 1 aliphatic rings. The smallest absolute Gasteiger partial charge is 0.410 e. The van der Waals surface area contributed by atoms with Crippen molar-refractivity contribution < 1.29 is 14.3 Å². The number of amides is 1. The zero-order chi connectivity index (χ0) is 20.3. The predicted octanol–water partition coefficient (Wildman–Crippen LogP) is 4.66. The number of nitrogens with zero attached hydrogens (tertiary/aromatic N) is 3. The lowest BCUT2D eigenvalue weighted by Crippen LogP contribution is -2.36. The van der Waals surface area contributed by atoms with Gasteiger partial charge in [-0.25, -0.2) is 9.78 Å². The maximum atomic E-state index is 12.2. The number of aromatic nitrogens is 1. The van der Waals surface area contributed by atoms with E-state index in [2.05, 4.69) is 11.1 Å². The third kappa shape index (κ3) is 4.93. The molecule has 1 aliphatic heterocycles. The molecule has 2 aromatic rings. The van der Waals surface area contributed by atoms with Gasteiger partial charge in [-0.05, 0) is 44.5 Å². The van der Waals surface area contributed by atoms with Gasteiger partial charge in [0.2, 0.25) is 0 Å². The van der Waals surface area contributed by atoms with Gasteiger partial charge in [0.05, 0.1) is 24.4 Å². The molecule has 0 aliphatic carbocycles. The molecule has 28 heavy (non-hydrogen) atoms. The monoisotopic (exact) mass is 399 g/mol. The SMILES string of the molecule is CC(C)(C)OC(=O)N1CC[C@@H](Oc2cnc(Cl)c(-c3ccc(C#N)cc3)c2)C1. The van der Waals surface area contributed by atoms with Crippen LogP contribution in [0.15, 0.2) is 36.5 Å². The van der Waals surface area contributed by atoms with E-state index in [1.165, 1.54) is 0 Å². The highest BCUT2D eigenvalue weighted by molar-refractivity contribution is 6.32. The number of ether oxygens (including phenoxy) is 2. The molecule has 1 amide bonds. The van der Waals surface area contributed by atoms with E-state index >= 15 is 0 Å². The molecule has 1 aromatic heterocycles. The Balaban J connectivity index is 1.68. The molecule has 0 unspecified atom stereocenters. The van der Waals surface area contributed by atoms with Crippen LogP contribution in [-0.4, -0.2) is 40.8 Å². The minimum atomic E-state index is -0.522. The number of likely N-dealkylation sites (tertiary alicyclic amines) is 1. The largest absolute Gasteiger partial charge is 0.487 e. The van der Waals surface area contributed by atoms with Gasteiger partial charge in [-0.1, -0.05) is 23.7 Å². The van der Waals surface area contributed by atoms with Crippen LogP contribution in [0.5, 0.6) is 5.75 Å². The Morgan fingerprint density at radius 1 is 1.32 bits per heavy atom. The zero-order valence-corrected chi connectivity index (χ0v) is 16.9. The molecular formula is C21H22ClN3O3. The first-order valence-electron chi connectivity index (χ1n) is 9.06. The molecule has 6 nitrogen and oxygen atoms in total. The highest BCUT2D eigenvalue weighted by Crippen LogP contribution is 2.31. The van der Waals surface area contributed by atoms with Crippen molar-refractivity contribution in [1.29, 1.82) is 5.26 Å². The number of hydrogen-bond acceptors (Lipinski definition) is 5. The normalized spacial score (nSPS) is 16.5. The lowest BCUT2D eigenvalue weighted by atomic mass is 10.1. The topological polar surface area (TPSA) is 75.4 Å². The van der Waals surface area contributed by atoms with E-state index in [4.69, 9.17) is 26.3 Å². The van der Waals surface area contributed by atoms with Crippen molar-refractivity contribution in [3.05, 3.63) is 47.2 Å². The minimum absolute atomic E-state index is 0.135. The van der Waals surface area contributed by atoms with Crippen LogP contribution in [0.2, 0.25) is 5.15 Å². The number of hydrogen-bond donors (Lipinski definition) is 0. The van der Waals surface area contributed by atoms with Crippen LogP contribution in [-0.2, 0) is 4.74 Å². The first-order chi connectivity index (χ1) is 13.2. The molecule has 1 saturated heterocycles. The predicted molar refractivity (Wildman–Crippen MR) is 106 cm³/mol. The summed E-state index contributed by atoms with van der Waals surface area (Å²) < 4.78 is 11.4.